The molecule has 16 heavy (non-hydrogen) atoms. The minimum absolute atomic E-state index is 0.506. The van der Waals surface area contributed by atoms with Crippen LogP contribution >= 0.6 is 23.2 Å². The summed E-state index contributed by atoms with van der Waals surface area (Å²) >= 11 is 11.7. The Hall–Kier alpha value is -1.32. The van der Waals surface area contributed by atoms with E-state index in [9.17, 15) is 4.79 Å². The van der Waals surface area contributed by atoms with E-state index in [4.69, 9.17) is 23.2 Å². The van der Waals surface area contributed by atoms with Crippen molar-refractivity contribution < 1.29 is 4.79 Å². The van der Waals surface area contributed by atoms with Gasteiger partial charge in [-0.25, -0.2) is 4.98 Å². The molecule has 0 bridgehead atoms. The summed E-state index contributed by atoms with van der Waals surface area (Å²) in [4.78, 5) is 14.6. The number of rotatable bonds is 3. The molecule has 0 saturated carbocycles. The number of nitrogens with zero attached hydrogens (tertiary/aromatic N) is 2. The maximum Gasteiger partial charge on any atom is 0.168 e. The van der Waals surface area contributed by atoms with E-state index in [-0.39, 0.29) is 0 Å². The zero-order valence-corrected chi connectivity index (χ0v) is 9.74. The van der Waals surface area contributed by atoms with Crippen LogP contribution in [0.4, 0.5) is 0 Å². The highest BCUT2D eigenvalue weighted by atomic mass is 35.5. The van der Waals surface area contributed by atoms with Crippen molar-refractivity contribution >= 4 is 29.5 Å². The Bertz CT molecular complexity index is 522. The van der Waals surface area contributed by atoms with Crippen molar-refractivity contribution in [2.75, 3.05) is 0 Å². The number of carbonyl (C=O) groups excluding carboxylic acids is 1. The molecule has 0 aliphatic rings. The van der Waals surface area contributed by atoms with Gasteiger partial charge in [0.1, 0.15) is 5.69 Å². The summed E-state index contributed by atoms with van der Waals surface area (Å²) in [5.41, 5.74) is 1.50. The highest BCUT2D eigenvalue weighted by Gasteiger charge is 2.03. The Labute approximate surface area is 103 Å². The second kappa shape index (κ2) is 4.68. The van der Waals surface area contributed by atoms with E-state index in [2.05, 4.69) is 4.98 Å². The largest absolute Gasteiger partial charge is 0.324 e. The molecule has 0 amide bonds. The maximum absolute atomic E-state index is 10.7. The first kappa shape index (κ1) is 11.2. The van der Waals surface area contributed by atoms with Crippen LogP contribution in [0, 0.1) is 0 Å². The molecular weight excluding hydrogens is 247 g/mol. The van der Waals surface area contributed by atoms with E-state index in [1.807, 2.05) is 6.07 Å². The molecule has 0 atom stereocenters. The highest BCUT2D eigenvalue weighted by Crippen LogP contribution is 2.23. The number of hydrogen-bond acceptors (Lipinski definition) is 2. The average molecular weight is 255 g/mol. The molecule has 3 nitrogen and oxygen atoms in total. The zero-order chi connectivity index (χ0) is 11.5. The Morgan fingerprint density at radius 2 is 2.12 bits per heavy atom. The van der Waals surface area contributed by atoms with Gasteiger partial charge in [0.2, 0.25) is 0 Å². The van der Waals surface area contributed by atoms with Crippen LogP contribution in [0.1, 0.15) is 16.1 Å². The van der Waals surface area contributed by atoms with Crippen molar-refractivity contribution in [2.45, 2.75) is 6.54 Å². The quantitative estimate of drug-likeness (QED) is 0.790. The molecule has 2 aromatic rings. The van der Waals surface area contributed by atoms with Gasteiger partial charge in [0.25, 0.3) is 0 Å². The third kappa shape index (κ3) is 2.26. The number of halogens is 2. The molecule has 1 aromatic carbocycles. The molecule has 5 heteroatoms. The van der Waals surface area contributed by atoms with Crippen LogP contribution in [0.25, 0.3) is 0 Å². The molecule has 0 spiro atoms. The third-order valence-electron chi connectivity index (χ3n) is 2.20. The molecule has 0 aliphatic heterocycles. The molecule has 82 valence electrons. The number of aromatic nitrogens is 2. The van der Waals surface area contributed by atoms with Gasteiger partial charge in [-0.2, -0.15) is 0 Å². The topological polar surface area (TPSA) is 34.9 Å². The fourth-order valence-electron chi connectivity index (χ4n) is 1.40. The van der Waals surface area contributed by atoms with Gasteiger partial charge in [0.15, 0.2) is 6.29 Å². The van der Waals surface area contributed by atoms with Crippen LogP contribution in [0.5, 0.6) is 0 Å². The van der Waals surface area contributed by atoms with Crippen LogP contribution in [-0.4, -0.2) is 15.8 Å². The van der Waals surface area contributed by atoms with Crippen LogP contribution in [-0.2, 0) is 6.54 Å². The second-order valence-electron chi connectivity index (χ2n) is 3.31. The summed E-state index contributed by atoms with van der Waals surface area (Å²) in [6, 6.07) is 5.37. The lowest BCUT2D eigenvalue weighted by molar-refractivity contribution is 0.111. The predicted octanol–water partition coefficient (Wildman–Crippen LogP) is 3.05. The minimum Gasteiger partial charge on any atom is -0.324 e. The summed E-state index contributed by atoms with van der Waals surface area (Å²) < 4.78 is 1.74. The maximum atomic E-state index is 10.7. The Kier molecular flexibility index (Phi) is 3.27. The zero-order valence-electron chi connectivity index (χ0n) is 8.23. The first-order valence-corrected chi connectivity index (χ1v) is 5.35. The van der Waals surface area contributed by atoms with E-state index >= 15 is 0 Å². The standard InChI is InChI=1S/C11H8Cl2N2O/c12-10-2-1-8(3-11(10)13)5-15-7-14-4-9(15)6-16/h1-4,6-7H,5H2. The lowest BCUT2D eigenvalue weighted by Gasteiger charge is -2.05. The van der Waals surface area contributed by atoms with Crippen molar-refractivity contribution in [3.05, 3.63) is 52.0 Å². The van der Waals surface area contributed by atoms with Crippen molar-refractivity contribution in [1.29, 1.82) is 0 Å². The minimum atomic E-state index is 0.506. The van der Waals surface area contributed by atoms with Gasteiger partial charge in [-0.05, 0) is 17.7 Å². The first-order chi connectivity index (χ1) is 7.70. The third-order valence-corrected chi connectivity index (χ3v) is 2.94. The van der Waals surface area contributed by atoms with Crippen molar-refractivity contribution in [1.82, 2.24) is 9.55 Å². The predicted molar refractivity (Wildman–Crippen MR) is 63.2 cm³/mol. The molecule has 2 rings (SSSR count). The van der Waals surface area contributed by atoms with Crippen LogP contribution in [0.3, 0.4) is 0 Å². The highest BCUT2D eigenvalue weighted by molar-refractivity contribution is 6.42. The lowest BCUT2D eigenvalue weighted by Crippen LogP contribution is -2.02. The van der Waals surface area contributed by atoms with Crippen molar-refractivity contribution in [3.63, 3.8) is 0 Å². The summed E-state index contributed by atoms with van der Waals surface area (Å²) in [5.74, 6) is 0. The first-order valence-electron chi connectivity index (χ1n) is 4.60. The second-order valence-corrected chi connectivity index (χ2v) is 4.13. The molecular formula is C11H8Cl2N2O. The number of carbonyl (C=O) groups is 1. The number of aldehydes is 1. The average Bonchev–Trinajstić information content (AvgIpc) is 2.71. The Morgan fingerprint density at radius 3 is 2.81 bits per heavy atom. The van der Waals surface area contributed by atoms with E-state index in [0.29, 0.717) is 22.3 Å². The molecule has 0 aliphatic carbocycles. The van der Waals surface area contributed by atoms with Crippen LogP contribution in [0.2, 0.25) is 10.0 Å². The normalized spacial score (nSPS) is 10.4. The Balaban J connectivity index is 2.27. The molecule has 1 aromatic heterocycles. The summed E-state index contributed by atoms with van der Waals surface area (Å²) in [7, 11) is 0. The van der Waals surface area contributed by atoms with Crippen molar-refractivity contribution in [3.8, 4) is 0 Å². The van der Waals surface area contributed by atoms with Gasteiger partial charge >= 0.3 is 0 Å². The van der Waals surface area contributed by atoms with Gasteiger partial charge in [-0.1, -0.05) is 29.3 Å². The van der Waals surface area contributed by atoms with E-state index in [1.54, 1.807) is 23.0 Å². The van der Waals surface area contributed by atoms with Gasteiger partial charge in [-0.3, -0.25) is 4.79 Å². The Morgan fingerprint density at radius 1 is 1.31 bits per heavy atom. The molecule has 0 fully saturated rings. The molecule has 0 saturated heterocycles. The van der Waals surface area contributed by atoms with E-state index in [0.717, 1.165) is 11.8 Å². The fraction of sp³-hybridized carbons (Fsp3) is 0.0909. The van der Waals surface area contributed by atoms with E-state index in [1.165, 1.54) is 6.20 Å². The monoisotopic (exact) mass is 254 g/mol. The molecule has 0 unspecified atom stereocenters. The lowest BCUT2D eigenvalue weighted by atomic mass is 10.2. The van der Waals surface area contributed by atoms with Gasteiger partial charge in [0, 0.05) is 6.54 Å². The van der Waals surface area contributed by atoms with Gasteiger partial charge in [0.05, 0.1) is 22.6 Å². The molecule has 1 heterocycles. The van der Waals surface area contributed by atoms with Crippen LogP contribution < -0.4 is 0 Å². The fourth-order valence-corrected chi connectivity index (χ4v) is 1.72. The van der Waals surface area contributed by atoms with Crippen molar-refractivity contribution in [2.24, 2.45) is 0 Å². The van der Waals surface area contributed by atoms with E-state index < -0.39 is 0 Å². The van der Waals surface area contributed by atoms with Gasteiger partial charge in [-0.15, -0.1) is 0 Å². The summed E-state index contributed by atoms with van der Waals surface area (Å²) in [5, 5.41) is 1.03. The summed E-state index contributed by atoms with van der Waals surface area (Å²) in [6.45, 7) is 0.547. The molecule has 0 N–H and O–H groups in total. The van der Waals surface area contributed by atoms with Crippen LogP contribution in [0.15, 0.2) is 30.7 Å². The summed E-state index contributed by atoms with van der Waals surface area (Å²) in [6.07, 6.45) is 3.89. The number of imidazole rings is 1. The SMILES string of the molecule is O=Cc1cncn1Cc1ccc(Cl)c(Cl)c1. The molecule has 0 radical (unpaired) electrons. The number of benzene rings is 1. The number of hydrogen-bond donors (Lipinski definition) is 0. The van der Waals surface area contributed by atoms with Gasteiger partial charge < -0.3 is 4.57 Å². The smallest absolute Gasteiger partial charge is 0.168 e.